The van der Waals surface area contributed by atoms with Crippen molar-refractivity contribution in [2.45, 2.75) is 31.1 Å². The van der Waals surface area contributed by atoms with Gasteiger partial charge in [-0.1, -0.05) is 44.5 Å². The molecule has 3 aromatic heterocycles. The number of pyridine rings is 2. The number of hydrogen-bond donors (Lipinski definition) is 1. The Morgan fingerprint density at radius 3 is 2.53 bits per heavy atom. The van der Waals surface area contributed by atoms with Gasteiger partial charge in [0.05, 0.1) is 28.9 Å². The number of nitrogens with one attached hydrogen (secondary N) is 1. The van der Waals surface area contributed by atoms with Crippen molar-refractivity contribution < 1.29 is 4.74 Å². The van der Waals surface area contributed by atoms with Crippen molar-refractivity contribution >= 4 is 34.9 Å². The van der Waals surface area contributed by atoms with E-state index < -0.39 is 0 Å². The second kappa shape index (κ2) is 8.20. The summed E-state index contributed by atoms with van der Waals surface area (Å²) in [6.07, 6.45) is 1.69. The quantitative estimate of drug-likeness (QED) is 0.361. The molecule has 7 heteroatoms. The highest BCUT2D eigenvalue weighted by Crippen LogP contribution is 2.32. The van der Waals surface area contributed by atoms with Crippen molar-refractivity contribution in [3.05, 3.63) is 71.4 Å². The first kappa shape index (κ1) is 20.6. The van der Waals surface area contributed by atoms with Crippen LogP contribution in [0.25, 0.3) is 16.8 Å². The highest BCUT2D eigenvalue weighted by molar-refractivity contribution is 8.00. The lowest BCUT2D eigenvalue weighted by Gasteiger charge is -2.19. The van der Waals surface area contributed by atoms with E-state index in [1.54, 1.807) is 17.8 Å². The summed E-state index contributed by atoms with van der Waals surface area (Å²) in [6, 6.07) is 18.1. The summed E-state index contributed by atoms with van der Waals surface area (Å²) in [5.41, 5.74) is 3.82. The fourth-order valence-electron chi connectivity index (χ4n) is 3.13. The van der Waals surface area contributed by atoms with Crippen molar-refractivity contribution in [1.82, 2.24) is 14.6 Å². The fraction of sp³-hybridized carbons (Fsp3) is 0.217. The molecule has 0 amide bonds. The average molecular weight is 439 g/mol. The van der Waals surface area contributed by atoms with Gasteiger partial charge in [0.15, 0.2) is 0 Å². The molecule has 0 spiro atoms. The van der Waals surface area contributed by atoms with E-state index in [1.807, 2.05) is 30.3 Å². The van der Waals surface area contributed by atoms with Crippen LogP contribution >= 0.6 is 23.5 Å². The monoisotopic (exact) mass is 438 g/mol. The van der Waals surface area contributed by atoms with E-state index in [9.17, 15) is 0 Å². The normalized spacial score (nSPS) is 11.6. The zero-order valence-electron chi connectivity index (χ0n) is 17.3. The highest BCUT2D eigenvalue weighted by atomic mass is 35.5. The molecule has 4 aromatic rings. The summed E-state index contributed by atoms with van der Waals surface area (Å²) in [7, 11) is 1.60. The molecule has 5 nitrogen and oxygen atoms in total. The third-order valence-electron chi connectivity index (χ3n) is 4.80. The van der Waals surface area contributed by atoms with Crippen LogP contribution < -0.4 is 9.46 Å². The third-order valence-corrected chi connectivity index (χ3v) is 5.94. The molecule has 0 bridgehead atoms. The molecular weight excluding hydrogens is 416 g/mol. The van der Waals surface area contributed by atoms with Gasteiger partial charge in [-0.05, 0) is 65.4 Å². The van der Waals surface area contributed by atoms with Crippen LogP contribution in [-0.4, -0.2) is 21.7 Å². The van der Waals surface area contributed by atoms with Gasteiger partial charge in [0.25, 0.3) is 0 Å². The van der Waals surface area contributed by atoms with Gasteiger partial charge in [-0.3, -0.25) is 0 Å². The Balaban J connectivity index is 1.63. The lowest BCUT2D eigenvalue weighted by Crippen LogP contribution is -2.10. The van der Waals surface area contributed by atoms with E-state index in [-0.39, 0.29) is 5.41 Å². The first-order valence-electron chi connectivity index (χ1n) is 9.58. The van der Waals surface area contributed by atoms with Gasteiger partial charge in [0.1, 0.15) is 5.82 Å². The SMILES string of the molecule is COc1ncccc1-c1cc2c(Cl)ccc(NSc3ccc(C(C)(C)C)cc3)n2n1. The number of benzene rings is 1. The Hall–Kier alpha value is -2.70. The van der Waals surface area contributed by atoms with Gasteiger partial charge in [0, 0.05) is 11.1 Å². The number of aromatic nitrogens is 3. The van der Waals surface area contributed by atoms with E-state index in [0.717, 1.165) is 27.5 Å². The van der Waals surface area contributed by atoms with Gasteiger partial charge in [-0.2, -0.15) is 5.10 Å². The van der Waals surface area contributed by atoms with Gasteiger partial charge < -0.3 is 9.46 Å². The highest BCUT2D eigenvalue weighted by Gasteiger charge is 2.15. The van der Waals surface area contributed by atoms with Crippen LogP contribution in [-0.2, 0) is 5.41 Å². The number of ether oxygens (including phenoxy) is 1. The van der Waals surface area contributed by atoms with Crippen LogP contribution in [0.4, 0.5) is 5.82 Å². The summed E-state index contributed by atoms with van der Waals surface area (Å²) in [5, 5.41) is 5.37. The second-order valence-electron chi connectivity index (χ2n) is 7.93. The van der Waals surface area contributed by atoms with E-state index >= 15 is 0 Å². The number of hydrogen-bond acceptors (Lipinski definition) is 5. The predicted octanol–water partition coefficient (Wildman–Crippen LogP) is 6.48. The molecule has 0 aliphatic carbocycles. The molecule has 0 fully saturated rings. The minimum absolute atomic E-state index is 0.137. The van der Waals surface area contributed by atoms with Crippen molar-refractivity contribution in [2.24, 2.45) is 0 Å². The molecule has 0 saturated carbocycles. The topological polar surface area (TPSA) is 51.5 Å². The van der Waals surface area contributed by atoms with Crippen LogP contribution in [0, 0.1) is 0 Å². The summed E-state index contributed by atoms with van der Waals surface area (Å²) in [6.45, 7) is 6.64. The molecular formula is C23H23ClN4OS. The third kappa shape index (κ3) is 4.11. The van der Waals surface area contributed by atoms with E-state index in [2.05, 4.69) is 54.7 Å². The average Bonchev–Trinajstić information content (AvgIpc) is 3.19. The number of methoxy groups -OCH3 is 1. The molecule has 0 atom stereocenters. The molecule has 4 rings (SSSR count). The van der Waals surface area contributed by atoms with Crippen LogP contribution in [0.1, 0.15) is 26.3 Å². The van der Waals surface area contributed by atoms with Gasteiger partial charge in [-0.25, -0.2) is 9.50 Å². The Labute approximate surface area is 185 Å². The molecule has 3 heterocycles. The minimum atomic E-state index is 0.137. The zero-order valence-corrected chi connectivity index (χ0v) is 18.9. The molecule has 0 unspecified atom stereocenters. The number of fused-ring (bicyclic) bond motifs is 1. The molecule has 1 aromatic carbocycles. The standard InChI is InChI=1S/C23H23ClN4OS/c1-23(2,3)15-7-9-16(10-8-15)30-27-21-12-11-18(24)20-14-19(26-28(20)21)17-6-5-13-25-22(17)29-4/h5-14,27H,1-4H3. The predicted molar refractivity (Wildman–Crippen MR) is 125 cm³/mol. The van der Waals surface area contributed by atoms with Crippen molar-refractivity contribution in [2.75, 3.05) is 11.8 Å². The number of rotatable bonds is 5. The maximum absolute atomic E-state index is 6.44. The van der Waals surface area contributed by atoms with E-state index in [0.29, 0.717) is 10.9 Å². The van der Waals surface area contributed by atoms with Crippen molar-refractivity contribution in [3.8, 4) is 17.1 Å². The Bertz CT molecular complexity index is 1180. The fourth-order valence-corrected chi connectivity index (χ4v) is 3.98. The van der Waals surface area contributed by atoms with E-state index in [1.165, 1.54) is 17.5 Å². The molecule has 154 valence electrons. The first-order chi connectivity index (χ1) is 14.4. The number of anilines is 1. The first-order valence-corrected chi connectivity index (χ1v) is 10.8. The lowest BCUT2D eigenvalue weighted by atomic mass is 9.87. The molecule has 0 aliphatic rings. The molecule has 0 radical (unpaired) electrons. The van der Waals surface area contributed by atoms with Gasteiger partial charge in [0.2, 0.25) is 5.88 Å². The molecule has 30 heavy (non-hydrogen) atoms. The Morgan fingerprint density at radius 2 is 1.83 bits per heavy atom. The van der Waals surface area contributed by atoms with Gasteiger partial charge >= 0.3 is 0 Å². The molecule has 1 N–H and O–H groups in total. The van der Waals surface area contributed by atoms with Crippen LogP contribution in [0.5, 0.6) is 5.88 Å². The van der Waals surface area contributed by atoms with Crippen LogP contribution in [0.15, 0.2) is 65.7 Å². The number of halogens is 1. The lowest BCUT2D eigenvalue weighted by molar-refractivity contribution is 0.399. The largest absolute Gasteiger partial charge is 0.481 e. The maximum Gasteiger partial charge on any atom is 0.222 e. The smallest absolute Gasteiger partial charge is 0.222 e. The minimum Gasteiger partial charge on any atom is -0.481 e. The summed E-state index contributed by atoms with van der Waals surface area (Å²) < 4.78 is 10.6. The summed E-state index contributed by atoms with van der Waals surface area (Å²) >= 11 is 7.97. The Kier molecular flexibility index (Phi) is 5.62. The molecule has 0 saturated heterocycles. The maximum atomic E-state index is 6.44. The zero-order chi connectivity index (χ0) is 21.3. The number of nitrogens with zero attached hydrogens (tertiary/aromatic N) is 3. The summed E-state index contributed by atoms with van der Waals surface area (Å²) in [5.74, 6) is 1.35. The van der Waals surface area contributed by atoms with Crippen LogP contribution in [0.3, 0.4) is 0 Å². The van der Waals surface area contributed by atoms with Gasteiger partial charge in [-0.15, -0.1) is 0 Å². The second-order valence-corrected chi connectivity index (χ2v) is 9.22. The van der Waals surface area contributed by atoms with Crippen molar-refractivity contribution in [3.63, 3.8) is 0 Å². The Morgan fingerprint density at radius 1 is 1.07 bits per heavy atom. The van der Waals surface area contributed by atoms with Crippen LogP contribution in [0.2, 0.25) is 5.02 Å². The van der Waals surface area contributed by atoms with Crippen molar-refractivity contribution in [1.29, 1.82) is 0 Å². The van der Waals surface area contributed by atoms with E-state index in [4.69, 9.17) is 21.4 Å². The summed E-state index contributed by atoms with van der Waals surface area (Å²) in [4.78, 5) is 5.38. The molecule has 0 aliphatic heterocycles.